The molecule has 3 saturated heterocycles. The van der Waals surface area contributed by atoms with E-state index in [-0.39, 0.29) is 156 Å². The number of ketones is 2. The van der Waals surface area contributed by atoms with Crippen molar-refractivity contribution in [2.75, 3.05) is 171 Å². The summed E-state index contributed by atoms with van der Waals surface area (Å²) in [6.45, 7) is 26.6. The number of hydrogen-bond acceptors (Lipinski definition) is 30. The van der Waals surface area contributed by atoms with Gasteiger partial charge >= 0.3 is 0 Å². The largest absolute Gasteiger partial charge is 0.508 e. The molecule has 35 heteroatoms. The third-order valence-corrected chi connectivity index (χ3v) is 23.5. The number of ether oxygens (including phenoxy) is 7. The first-order valence-corrected chi connectivity index (χ1v) is 45.7. The summed E-state index contributed by atoms with van der Waals surface area (Å²) in [5, 5.41) is 95.9. The number of benzene rings is 8. The van der Waals surface area contributed by atoms with Gasteiger partial charge in [0, 0.05) is 123 Å². The summed E-state index contributed by atoms with van der Waals surface area (Å²) in [5.41, 5.74) is 7.81. The summed E-state index contributed by atoms with van der Waals surface area (Å²) in [6, 6.07) is 36.5. The molecule has 14 rings (SSSR count). The number of methoxy groups -OCH3 is 3. The van der Waals surface area contributed by atoms with Crippen LogP contribution in [0, 0.1) is 6.92 Å². The highest BCUT2D eigenvalue weighted by Crippen LogP contribution is 2.47. The number of hydrogen-bond donors (Lipinski definition) is 9. The molecule has 0 bridgehead atoms. The molecule has 9 N–H and O–H groups in total. The minimum absolute atomic E-state index is 0.00390. The van der Waals surface area contributed by atoms with Crippen LogP contribution in [-0.2, 0) is 52.7 Å². The fourth-order valence-electron chi connectivity index (χ4n) is 15.8. The van der Waals surface area contributed by atoms with E-state index in [1.807, 2.05) is 120 Å². The fourth-order valence-corrected chi connectivity index (χ4v) is 15.9. The molecule has 0 aliphatic carbocycles. The number of unbranched alkanes of at least 4 members (excludes halogenated alkanes) is 1. The second-order valence-corrected chi connectivity index (χ2v) is 33.3. The minimum Gasteiger partial charge on any atom is -0.508 e. The topological polar surface area (TPSA) is 434 Å². The highest BCUT2D eigenvalue weighted by atomic mass is 35.5. The summed E-state index contributed by atoms with van der Waals surface area (Å²) in [7, 11) is 6.25. The molecule has 3 fully saturated rings. The number of amides is 4. The SMILES string of the molecule is CCCC(=O)c1noc(-c2cc(C(C)C)c(O)cc2O)c1-c1ccc(ON2CCOCC2)cc1.CCCCN(C)C(=O)c1cc(C2=NCC(=O)N2c2ccccc2C)c(O)cc1O.CCNC(=O)c1noc(-c2cc(Cl)c(O)cc2O)c1-c1ccc(CN2CCOCC2)cc1.CCc1c(O)cc(O)c(C(=O)c2ccc(OCCN3CCOCC3)c(OC)c2)c1CC(=O)N(CCOC)CCOC. The van der Waals surface area contributed by atoms with Crippen molar-refractivity contribution >= 4 is 58.3 Å². The number of halogens is 1. The summed E-state index contributed by atoms with van der Waals surface area (Å²) < 4.78 is 49.0. The number of nitrogens with one attached hydrogen (secondary N) is 1. The molecule has 136 heavy (non-hydrogen) atoms. The highest BCUT2D eigenvalue weighted by Gasteiger charge is 2.35. The summed E-state index contributed by atoms with van der Waals surface area (Å²) in [4.78, 5) is 97.4. The van der Waals surface area contributed by atoms with Crippen molar-refractivity contribution in [1.82, 2.24) is 40.3 Å². The van der Waals surface area contributed by atoms with Gasteiger partial charge in [-0.15, -0.1) is 5.06 Å². The van der Waals surface area contributed by atoms with Gasteiger partial charge < -0.3 is 103 Å². The number of phenolic OH excluding ortho intramolecular Hbond substituents is 8. The lowest BCUT2D eigenvalue weighted by Gasteiger charge is -2.26. The van der Waals surface area contributed by atoms with Gasteiger partial charge in [0.1, 0.15) is 70.7 Å². The molecule has 8 aromatic carbocycles. The first-order valence-electron chi connectivity index (χ1n) is 45.4. The van der Waals surface area contributed by atoms with Crippen LogP contribution in [0.25, 0.3) is 44.9 Å². The Balaban J connectivity index is 0.000000175. The van der Waals surface area contributed by atoms with Crippen LogP contribution in [0.2, 0.25) is 5.02 Å². The van der Waals surface area contributed by atoms with Gasteiger partial charge in [-0.25, -0.2) is 0 Å². The van der Waals surface area contributed by atoms with Crippen molar-refractivity contribution in [3.8, 4) is 108 Å². The van der Waals surface area contributed by atoms with Gasteiger partial charge in [-0.2, -0.15) is 0 Å². The van der Waals surface area contributed by atoms with E-state index < -0.39 is 11.5 Å². The van der Waals surface area contributed by atoms with Gasteiger partial charge in [0.05, 0.1) is 129 Å². The number of amidine groups is 1. The predicted octanol–water partition coefficient (Wildman–Crippen LogP) is 14.2. The van der Waals surface area contributed by atoms with Gasteiger partial charge in [0.15, 0.2) is 46.0 Å². The van der Waals surface area contributed by atoms with Crippen LogP contribution in [0.15, 0.2) is 147 Å². The maximum absolute atomic E-state index is 13.8. The van der Waals surface area contributed by atoms with Gasteiger partial charge in [0.25, 0.3) is 17.7 Å². The Hall–Kier alpha value is -13.2. The fraction of sp³-hybridized carbons (Fsp3) is 0.396. The summed E-state index contributed by atoms with van der Waals surface area (Å²) in [5.74, 6) is -1.42. The van der Waals surface area contributed by atoms with E-state index in [1.165, 1.54) is 35.1 Å². The molecular formula is C101H121ClN10O24. The molecule has 4 aliphatic heterocycles. The predicted molar refractivity (Wildman–Crippen MR) is 511 cm³/mol. The lowest BCUT2D eigenvalue weighted by molar-refractivity contribution is -0.131. The second-order valence-electron chi connectivity index (χ2n) is 32.9. The second kappa shape index (κ2) is 49.9. The average molecular weight is 1890 g/mol. The Morgan fingerprint density at radius 1 is 0.588 bits per heavy atom. The first-order chi connectivity index (χ1) is 65.5. The maximum atomic E-state index is 13.8. The van der Waals surface area contributed by atoms with Gasteiger partial charge in [-0.3, -0.25) is 48.5 Å². The van der Waals surface area contributed by atoms with E-state index in [9.17, 15) is 69.6 Å². The summed E-state index contributed by atoms with van der Waals surface area (Å²) in [6.07, 6.45) is 2.94. The normalized spacial score (nSPS) is 14.0. The highest BCUT2D eigenvalue weighted by molar-refractivity contribution is 6.32. The zero-order valence-corrected chi connectivity index (χ0v) is 79.3. The number of anilines is 1. The number of aromatic nitrogens is 2. The molecule has 0 saturated carbocycles. The maximum Gasteiger partial charge on any atom is 0.274 e. The van der Waals surface area contributed by atoms with E-state index in [4.69, 9.17) is 58.6 Å². The van der Waals surface area contributed by atoms with Crippen molar-refractivity contribution in [3.05, 3.63) is 200 Å². The number of carbonyl (C=O) groups excluding carboxylic acids is 6. The molecular weight excluding hydrogens is 1770 g/mol. The van der Waals surface area contributed by atoms with Crippen LogP contribution < -0.4 is 24.5 Å². The zero-order chi connectivity index (χ0) is 97.8. The molecule has 4 aliphatic rings. The zero-order valence-electron chi connectivity index (χ0n) is 78.6. The molecule has 4 amide bonds. The Morgan fingerprint density at radius 2 is 1.17 bits per heavy atom. The van der Waals surface area contributed by atoms with E-state index >= 15 is 0 Å². The van der Waals surface area contributed by atoms with Gasteiger partial charge in [0.2, 0.25) is 5.91 Å². The molecule has 6 heterocycles. The third kappa shape index (κ3) is 26.1. The quantitative estimate of drug-likeness (QED) is 0.0165. The van der Waals surface area contributed by atoms with Crippen molar-refractivity contribution < 1.29 is 117 Å². The van der Waals surface area contributed by atoms with Crippen molar-refractivity contribution in [2.45, 2.75) is 99.5 Å². The number of phenols is 8. The van der Waals surface area contributed by atoms with Crippen LogP contribution in [0.4, 0.5) is 5.69 Å². The smallest absolute Gasteiger partial charge is 0.274 e. The number of aliphatic imine (C=N–C) groups is 1. The third-order valence-electron chi connectivity index (χ3n) is 23.2. The molecule has 726 valence electrons. The van der Waals surface area contributed by atoms with Crippen LogP contribution in [-0.4, -0.2) is 283 Å². The molecule has 0 spiro atoms. The Morgan fingerprint density at radius 3 is 1.77 bits per heavy atom. The van der Waals surface area contributed by atoms with Crippen LogP contribution in [0.1, 0.15) is 154 Å². The van der Waals surface area contributed by atoms with Crippen LogP contribution in [0.3, 0.4) is 0 Å². The number of aromatic hydroxyl groups is 8. The van der Waals surface area contributed by atoms with Gasteiger partial charge in [-0.05, 0) is 133 Å². The standard InChI is InChI=1S/C30H42N2O9.C26H30N2O6.C23H24ClN3O5.C22H25N3O4/c1-5-22-23(19-28(35)32(11-13-37-2)12-14-38-3)29(25(34)20-24(22)33)30(36)21-6-7-26(27(18-21)39-4)41-17-10-31-8-15-40-16-9-31;1-4-5-21(29)25-24(17-6-8-18(9-7-17)34-28-10-12-32-13-11-28)26(33-27-25)20-14-19(16(2)3)22(30)15-23(20)31;1-2-25-23(30)21-20(22(32-26-21)16-11-17(24)19(29)12-18(16)28)15-5-3-14(4-6-15)13-27-7-9-31-10-8-27;1-4-5-10-24(3)22(29)16-11-15(18(26)12-19(16)27)21-23-13-20(28)25(21)17-9-7-6-8-14(17)2/h6-7,18,20,33-34H,5,8-17,19H2,1-4H3;6-9,14-16,30-31H,4-5,10-13H2,1-3H3;3-6,11-12,28-29H,2,7-10,13H2,1H3,(H,25,30);6-9,11-12,26-27H,4-5,10,13H2,1-3H3. The minimum atomic E-state index is -0.501. The molecule has 0 unspecified atom stereocenters. The monoisotopic (exact) mass is 1890 g/mol. The molecule has 2 aromatic heterocycles. The van der Waals surface area contributed by atoms with Crippen molar-refractivity contribution in [2.24, 2.45) is 4.99 Å². The number of Topliss-reactive ketones (excluding diaryl/α,β-unsaturated/α-hetero) is 1. The lowest BCUT2D eigenvalue weighted by atomic mass is 9.89. The average Bonchev–Trinajstić information content (AvgIpc) is 0.927. The van der Waals surface area contributed by atoms with Crippen LogP contribution >= 0.6 is 11.6 Å². The Labute approximate surface area is 795 Å². The lowest BCUT2D eigenvalue weighted by Crippen LogP contribution is -2.38. The molecule has 0 radical (unpaired) electrons. The van der Waals surface area contributed by atoms with Crippen molar-refractivity contribution in [3.63, 3.8) is 0 Å². The van der Waals surface area contributed by atoms with E-state index in [0.29, 0.717) is 167 Å². The van der Waals surface area contributed by atoms with Crippen LogP contribution in [0.5, 0.6) is 63.2 Å². The number of para-hydroxylation sites is 1. The number of nitrogens with zero attached hydrogens (tertiary/aromatic N) is 9. The van der Waals surface area contributed by atoms with Gasteiger partial charge in [-0.1, -0.05) is 118 Å². The summed E-state index contributed by atoms with van der Waals surface area (Å²) >= 11 is 6.05. The number of carbonyl (C=O) groups is 6. The number of aryl methyl sites for hydroxylation is 1. The number of rotatable bonds is 36. The Kier molecular flexibility index (Phi) is 37.9. The number of hydroxylamine groups is 2. The first kappa shape index (κ1) is 103. The van der Waals surface area contributed by atoms with E-state index in [0.717, 1.165) is 94.6 Å². The Bertz CT molecular complexity index is 5800. The molecule has 0 atom stereocenters. The van der Waals surface area contributed by atoms with E-state index in [2.05, 4.69) is 30.4 Å². The molecule has 34 nitrogen and oxygen atoms in total. The van der Waals surface area contributed by atoms with E-state index in [1.54, 1.807) is 56.5 Å². The molecule has 10 aromatic rings. The number of morpholine rings is 3. The van der Waals surface area contributed by atoms with Crippen molar-refractivity contribution in [1.29, 1.82) is 0 Å².